The molecule has 26 heavy (non-hydrogen) atoms. The number of aryl methyl sites for hydroxylation is 1. The Labute approximate surface area is 154 Å². The fraction of sp³-hybridized carbons (Fsp3) is 0.611. The average molecular weight is 379 g/mol. The average Bonchev–Trinajstić information content (AvgIpc) is 2.93. The molecule has 0 N–H and O–H groups in total. The minimum Gasteiger partial charge on any atom is -0.335 e. The highest BCUT2D eigenvalue weighted by Gasteiger charge is 2.49. The van der Waals surface area contributed by atoms with Crippen LogP contribution in [-0.4, -0.2) is 71.7 Å². The summed E-state index contributed by atoms with van der Waals surface area (Å²) in [5, 5.41) is 0. The van der Waals surface area contributed by atoms with Gasteiger partial charge in [-0.15, -0.1) is 0 Å². The quantitative estimate of drug-likeness (QED) is 0.761. The molecule has 1 aromatic rings. The summed E-state index contributed by atoms with van der Waals surface area (Å²) in [6, 6.07) is 2.89. The van der Waals surface area contributed by atoms with Crippen LogP contribution in [0.2, 0.25) is 0 Å². The largest absolute Gasteiger partial charge is 0.335 e. The lowest BCUT2D eigenvalue weighted by atomic mass is 10.0. The van der Waals surface area contributed by atoms with Gasteiger partial charge in [-0.3, -0.25) is 14.6 Å². The van der Waals surface area contributed by atoms with E-state index in [-0.39, 0.29) is 29.2 Å². The Bertz CT molecular complexity index is 779. The molecule has 3 heterocycles. The maximum atomic E-state index is 12.7. The Hall–Kier alpha value is -1.96. The van der Waals surface area contributed by atoms with E-state index in [9.17, 15) is 18.0 Å². The number of fused-ring (bicyclic) bond motifs is 1. The Morgan fingerprint density at radius 2 is 1.85 bits per heavy atom. The van der Waals surface area contributed by atoms with Gasteiger partial charge in [-0.2, -0.15) is 0 Å². The van der Waals surface area contributed by atoms with Gasteiger partial charge in [0.05, 0.1) is 23.6 Å². The Kier molecular flexibility index (Phi) is 5.32. The number of hydrogen-bond acceptors (Lipinski definition) is 5. The van der Waals surface area contributed by atoms with Crippen LogP contribution in [0.3, 0.4) is 0 Å². The fourth-order valence-corrected chi connectivity index (χ4v) is 5.79. The number of piperazine rings is 1. The molecule has 2 aliphatic rings. The second kappa shape index (κ2) is 7.34. The molecule has 0 aliphatic carbocycles. The van der Waals surface area contributed by atoms with E-state index in [1.165, 1.54) is 0 Å². The molecule has 2 fully saturated rings. The first-order valence-corrected chi connectivity index (χ1v) is 10.8. The lowest BCUT2D eigenvalue weighted by Gasteiger charge is -2.44. The molecule has 0 spiro atoms. The van der Waals surface area contributed by atoms with Crippen LogP contribution in [0.25, 0.3) is 0 Å². The van der Waals surface area contributed by atoms with E-state index in [2.05, 4.69) is 4.98 Å². The lowest BCUT2D eigenvalue weighted by molar-refractivity contribution is -0.147. The smallest absolute Gasteiger partial charge is 0.225 e. The molecule has 0 radical (unpaired) electrons. The molecular formula is C18H25N3O4S. The molecule has 0 saturated carbocycles. The molecule has 142 valence electrons. The molecule has 2 atom stereocenters. The standard InChI is InChI=1S/C18H25N3O4S/c1-13(2)18(23)21-9-8-20(15-11-26(24,25)12-16(15)21)17(22)6-5-14-4-3-7-19-10-14/h3-4,7,10,13,15-16H,5-6,8-9,11-12H2,1-2H3/t15-,16+/m0/s1. The molecule has 0 unspecified atom stereocenters. The first-order valence-electron chi connectivity index (χ1n) is 8.98. The summed E-state index contributed by atoms with van der Waals surface area (Å²) in [7, 11) is -3.25. The molecular weight excluding hydrogens is 354 g/mol. The summed E-state index contributed by atoms with van der Waals surface area (Å²) in [4.78, 5) is 32.6. The minimum atomic E-state index is -3.25. The second-order valence-electron chi connectivity index (χ2n) is 7.35. The van der Waals surface area contributed by atoms with E-state index in [4.69, 9.17) is 0 Å². The molecule has 1 aromatic heterocycles. The number of rotatable bonds is 4. The molecule has 2 amide bonds. The van der Waals surface area contributed by atoms with Crippen molar-refractivity contribution in [2.45, 2.75) is 38.8 Å². The summed E-state index contributed by atoms with van der Waals surface area (Å²) in [6.45, 7) is 4.41. The first kappa shape index (κ1) is 18.8. The van der Waals surface area contributed by atoms with E-state index in [1.54, 1.807) is 22.2 Å². The third kappa shape index (κ3) is 3.90. The summed E-state index contributed by atoms with van der Waals surface area (Å²) in [6.07, 6.45) is 4.30. The van der Waals surface area contributed by atoms with Crippen LogP contribution in [0.15, 0.2) is 24.5 Å². The van der Waals surface area contributed by atoms with Gasteiger partial charge in [-0.05, 0) is 18.1 Å². The number of amides is 2. The third-order valence-electron chi connectivity index (χ3n) is 5.12. The highest BCUT2D eigenvalue weighted by molar-refractivity contribution is 7.91. The van der Waals surface area contributed by atoms with Gasteiger partial charge in [0.25, 0.3) is 0 Å². The number of carbonyl (C=O) groups is 2. The van der Waals surface area contributed by atoms with Gasteiger partial charge in [0.2, 0.25) is 11.8 Å². The summed E-state index contributed by atoms with van der Waals surface area (Å²) in [5.74, 6) is -0.398. The van der Waals surface area contributed by atoms with E-state index < -0.39 is 21.9 Å². The van der Waals surface area contributed by atoms with Crippen molar-refractivity contribution in [3.63, 3.8) is 0 Å². The minimum absolute atomic E-state index is 0.0421. The van der Waals surface area contributed by atoms with Crippen molar-refractivity contribution in [1.29, 1.82) is 0 Å². The molecule has 0 bridgehead atoms. The summed E-state index contributed by atoms with van der Waals surface area (Å²) >= 11 is 0. The Balaban J connectivity index is 1.73. The highest BCUT2D eigenvalue weighted by Crippen LogP contribution is 2.28. The van der Waals surface area contributed by atoms with Crippen molar-refractivity contribution in [2.24, 2.45) is 5.92 Å². The van der Waals surface area contributed by atoms with Crippen LogP contribution in [0.5, 0.6) is 0 Å². The Morgan fingerprint density at radius 3 is 2.46 bits per heavy atom. The van der Waals surface area contributed by atoms with Crippen LogP contribution in [0.1, 0.15) is 25.8 Å². The summed E-state index contributed by atoms with van der Waals surface area (Å²) in [5.41, 5.74) is 0.977. The monoisotopic (exact) mass is 379 g/mol. The normalized spacial score (nSPS) is 24.6. The van der Waals surface area contributed by atoms with Crippen LogP contribution < -0.4 is 0 Å². The zero-order chi connectivity index (χ0) is 18.9. The van der Waals surface area contributed by atoms with Crippen LogP contribution in [-0.2, 0) is 25.8 Å². The van der Waals surface area contributed by atoms with E-state index in [0.717, 1.165) is 5.56 Å². The molecule has 2 saturated heterocycles. The number of nitrogens with zero attached hydrogens (tertiary/aromatic N) is 3. The molecule has 8 heteroatoms. The lowest BCUT2D eigenvalue weighted by Crippen LogP contribution is -2.62. The number of aromatic nitrogens is 1. The van der Waals surface area contributed by atoms with Crippen LogP contribution >= 0.6 is 0 Å². The van der Waals surface area contributed by atoms with Gasteiger partial charge >= 0.3 is 0 Å². The van der Waals surface area contributed by atoms with Crippen molar-refractivity contribution in [3.05, 3.63) is 30.1 Å². The molecule has 7 nitrogen and oxygen atoms in total. The van der Waals surface area contributed by atoms with Gasteiger partial charge in [-0.1, -0.05) is 19.9 Å². The molecule has 2 aliphatic heterocycles. The SMILES string of the molecule is CC(C)C(=O)N1CCN(C(=O)CCc2cccnc2)[C@H]2CS(=O)(=O)C[C@H]21. The topological polar surface area (TPSA) is 87.7 Å². The van der Waals surface area contributed by atoms with Gasteiger partial charge in [-0.25, -0.2) is 8.42 Å². The number of hydrogen-bond donors (Lipinski definition) is 0. The highest BCUT2D eigenvalue weighted by atomic mass is 32.2. The number of carbonyl (C=O) groups excluding carboxylic acids is 2. The third-order valence-corrected chi connectivity index (χ3v) is 6.82. The zero-order valence-corrected chi connectivity index (χ0v) is 16.0. The number of sulfone groups is 1. The van der Waals surface area contributed by atoms with Crippen molar-refractivity contribution in [1.82, 2.24) is 14.8 Å². The van der Waals surface area contributed by atoms with E-state index in [1.807, 2.05) is 26.0 Å². The second-order valence-corrected chi connectivity index (χ2v) is 9.50. The predicted octanol–water partition coefficient (Wildman–Crippen LogP) is 0.507. The maximum Gasteiger partial charge on any atom is 0.225 e. The van der Waals surface area contributed by atoms with Crippen LogP contribution in [0.4, 0.5) is 0 Å². The fourth-order valence-electron chi connectivity index (χ4n) is 3.81. The van der Waals surface area contributed by atoms with Crippen LogP contribution in [0, 0.1) is 5.92 Å². The predicted molar refractivity (Wildman–Crippen MR) is 97.1 cm³/mol. The van der Waals surface area contributed by atoms with E-state index in [0.29, 0.717) is 25.9 Å². The molecule has 3 rings (SSSR count). The van der Waals surface area contributed by atoms with E-state index >= 15 is 0 Å². The van der Waals surface area contributed by atoms with Gasteiger partial charge < -0.3 is 9.80 Å². The Morgan fingerprint density at radius 1 is 1.19 bits per heavy atom. The van der Waals surface area contributed by atoms with Crippen molar-refractivity contribution >= 4 is 21.7 Å². The van der Waals surface area contributed by atoms with Crippen molar-refractivity contribution in [2.75, 3.05) is 24.6 Å². The molecule has 0 aromatic carbocycles. The maximum absolute atomic E-state index is 12.7. The van der Waals surface area contributed by atoms with Gasteiger partial charge in [0.15, 0.2) is 9.84 Å². The van der Waals surface area contributed by atoms with Gasteiger partial charge in [0, 0.05) is 37.8 Å². The van der Waals surface area contributed by atoms with Crippen molar-refractivity contribution in [3.8, 4) is 0 Å². The number of pyridine rings is 1. The van der Waals surface area contributed by atoms with Gasteiger partial charge in [0.1, 0.15) is 0 Å². The first-order chi connectivity index (χ1) is 12.3. The summed E-state index contributed by atoms with van der Waals surface area (Å²) < 4.78 is 24.4. The zero-order valence-electron chi connectivity index (χ0n) is 15.2. The van der Waals surface area contributed by atoms with Crippen molar-refractivity contribution < 1.29 is 18.0 Å².